The summed E-state index contributed by atoms with van der Waals surface area (Å²) in [5.74, 6) is -0.324. The molecule has 4 aromatic rings. The highest BCUT2D eigenvalue weighted by Crippen LogP contribution is 2.35. The summed E-state index contributed by atoms with van der Waals surface area (Å²) in [4.78, 5) is 37.7. The minimum absolute atomic E-state index is 0.0528. The van der Waals surface area contributed by atoms with Gasteiger partial charge in [0.25, 0.3) is 11.8 Å². The van der Waals surface area contributed by atoms with E-state index in [1.807, 2.05) is 47.5 Å². The number of nitrogens with two attached hydrogens (primary N) is 1. The van der Waals surface area contributed by atoms with Gasteiger partial charge in [0.1, 0.15) is 11.3 Å². The van der Waals surface area contributed by atoms with E-state index in [9.17, 15) is 14.7 Å². The topological polar surface area (TPSA) is 135 Å². The van der Waals surface area contributed by atoms with Gasteiger partial charge in [0.2, 0.25) is 5.89 Å². The van der Waals surface area contributed by atoms with Crippen LogP contribution in [0.4, 0.5) is 0 Å². The molecule has 1 unspecified atom stereocenters. The number of hydrogen-bond donors (Lipinski definition) is 3. The molecule has 2 amide bonds. The molecule has 3 heterocycles. The molecule has 9 nitrogen and oxygen atoms in total. The second-order valence-corrected chi connectivity index (χ2v) is 11.4. The lowest BCUT2D eigenvalue weighted by atomic mass is 9.88. The molecule has 208 valence electrons. The number of carbonyl (C=O) groups excluding carboxylic acids is 2. The number of aliphatic hydroxyl groups excluding tert-OH is 1. The van der Waals surface area contributed by atoms with E-state index in [1.54, 1.807) is 36.5 Å². The maximum Gasteiger partial charge on any atom is 0.254 e. The van der Waals surface area contributed by atoms with Crippen LogP contribution in [0.1, 0.15) is 62.8 Å². The molecule has 2 aromatic carbocycles. The standard InChI is InChI=1S/C30H33N5O4S/c1-19-18-40-28(34-19)24-9-6-11-35(24)29(38)23-14-21(13-22(15-23)27-32-10-12-39-27)26(37)33-17-25(36)30(2,31)16-20-7-4-3-5-8-20/h3-5,7-8,10,12-15,18,24-25,36H,6,9,11,16-17,31H2,1-2H3,(H,33,37)/t24-,25?,30-/m1/s1. The number of benzene rings is 2. The Kier molecular flexibility index (Phi) is 8.11. The first kappa shape index (κ1) is 27.7. The van der Waals surface area contributed by atoms with Gasteiger partial charge in [0.15, 0.2) is 0 Å². The SMILES string of the molecule is Cc1csc([C@H]2CCCN2C(=O)c2cc(C(=O)NCC(O)[C@](C)(N)Cc3ccccc3)cc(-c3ncco3)c2)n1. The molecule has 40 heavy (non-hydrogen) atoms. The third-order valence-corrected chi connectivity index (χ3v) is 8.27. The van der Waals surface area contributed by atoms with Crippen LogP contribution >= 0.6 is 11.3 Å². The van der Waals surface area contributed by atoms with Crippen LogP contribution in [-0.4, -0.2) is 56.5 Å². The van der Waals surface area contributed by atoms with Gasteiger partial charge in [-0.2, -0.15) is 0 Å². The fourth-order valence-corrected chi connectivity index (χ4v) is 5.95. The van der Waals surface area contributed by atoms with Crippen molar-refractivity contribution in [1.29, 1.82) is 0 Å². The number of aryl methyl sites for hydroxylation is 1. The van der Waals surface area contributed by atoms with Crippen LogP contribution in [0.2, 0.25) is 0 Å². The highest BCUT2D eigenvalue weighted by molar-refractivity contribution is 7.09. The summed E-state index contributed by atoms with van der Waals surface area (Å²) in [6.45, 7) is 4.25. The smallest absolute Gasteiger partial charge is 0.254 e. The molecule has 2 aromatic heterocycles. The highest BCUT2D eigenvalue weighted by Gasteiger charge is 2.33. The number of thiazole rings is 1. The molecule has 1 saturated heterocycles. The van der Waals surface area contributed by atoms with E-state index in [-0.39, 0.29) is 24.1 Å². The molecular weight excluding hydrogens is 526 g/mol. The van der Waals surface area contributed by atoms with Crippen LogP contribution in [-0.2, 0) is 6.42 Å². The number of aromatic nitrogens is 2. The number of likely N-dealkylation sites (tertiary alicyclic amines) is 1. The summed E-state index contributed by atoms with van der Waals surface area (Å²) >= 11 is 1.56. The molecule has 1 aliphatic rings. The van der Waals surface area contributed by atoms with Crippen LogP contribution in [0.25, 0.3) is 11.5 Å². The maximum absolute atomic E-state index is 13.8. The first-order valence-corrected chi connectivity index (χ1v) is 14.2. The Bertz CT molecular complexity index is 1470. The number of rotatable bonds is 9. The van der Waals surface area contributed by atoms with Crippen molar-refractivity contribution in [3.8, 4) is 11.5 Å². The Morgan fingerprint density at radius 1 is 1.25 bits per heavy atom. The largest absolute Gasteiger partial charge is 0.445 e. The molecule has 0 spiro atoms. The summed E-state index contributed by atoms with van der Waals surface area (Å²) in [6.07, 6.45) is 4.11. The van der Waals surface area contributed by atoms with Crippen LogP contribution < -0.4 is 11.1 Å². The molecule has 0 radical (unpaired) electrons. The molecule has 0 bridgehead atoms. The summed E-state index contributed by atoms with van der Waals surface area (Å²) < 4.78 is 5.47. The van der Waals surface area contributed by atoms with Gasteiger partial charge >= 0.3 is 0 Å². The van der Waals surface area contributed by atoms with Crippen molar-refractivity contribution in [3.63, 3.8) is 0 Å². The van der Waals surface area contributed by atoms with Crippen LogP contribution in [0.3, 0.4) is 0 Å². The van der Waals surface area contributed by atoms with Crippen molar-refractivity contribution in [2.75, 3.05) is 13.1 Å². The fraction of sp³-hybridized carbons (Fsp3) is 0.333. The maximum atomic E-state index is 13.8. The average molecular weight is 560 g/mol. The van der Waals surface area contributed by atoms with Crippen LogP contribution in [0, 0.1) is 6.92 Å². The van der Waals surface area contributed by atoms with Crippen molar-refractivity contribution >= 4 is 23.2 Å². The van der Waals surface area contributed by atoms with E-state index in [0.717, 1.165) is 29.1 Å². The van der Waals surface area contributed by atoms with Gasteiger partial charge < -0.3 is 25.5 Å². The molecule has 3 atom stereocenters. The lowest BCUT2D eigenvalue weighted by Gasteiger charge is -2.30. The predicted molar refractivity (Wildman–Crippen MR) is 153 cm³/mol. The number of nitrogens with one attached hydrogen (secondary N) is 1. The van der Waals surface area contributed by atoms with Gasteiger partial charge in [-0.05, 0) is 56.9 Å². The minimum atomic E-state index is -1.00. The van der Waals surface area contributed by atoms with E-state index >= 15 is 0 Å². The molecule has 10 heteroatoms. The zero-order valence-electron chi connectivity index (χ0n) is 22.5. The van der Waals surface area contributed by atoms with E-state index < -0.39 is 17.6 Å². The Morgan fingerprint density at radius 3 is 2.73 bits per heavy atom. The monoisotopic (exact) mass is 559 g/mol. The van der Waals surface area contributed by atoms with E-state index in [2.05, 4.69) is 15.3 Å². The molecule has 1 fully saturated rings. The van der Waals surface area contributed by atoms with Crippen molar-refractivity contribution in [2.24, 2.45) is 5.73 Å². The van der Waals surface area contributed by atoms with Gasteiger partial charge in [-0.3, -0.25) is 9.59 Å². The first-order chi connectivity index (χ1) is 19.2. The minimum Gasteiger partial charge on any atom is -0.445 e. The number of aliphatic hydroxyl groups is 1. The number of hydrogen-bond acceptors (Lipinski definition) is 8. The lowest BCUT2D eigenvalue weighted by Crippen LogP contribution is -2.54. The number of oxazole rings is 1. The third kappa shape index (κ3) is 6.14. The zero-order chi connectivity index (χ0) is 28.3. The van der Waals surface area contributed by atoms with Crippen molar-refractivity contribution < 1.29 is 19.1 Å². The summed E-state index contributed by atoms with van der Waals surface area (Å²) in [6, 6.07) is 14.4. The quantitative estimate of drug-likeness (QED) is 0.281. The molecule has 1 aliphatic heterocycles. The molecule has 0 saturated carbocycles. The van der Waals surface area contributed by atoms with Gasteiger partial charge in [-0.1, -0.05) is 30.3 Å². The van der Waals surface area contributed by atoms with Crippen LogP contribution in [0.5, 0.6) is 0 Å². The van der Waals surface area contributed by atoms with E-state index in [1.165, 1.54) is 12.5 Å². The predicted octanol–water partition coefficient (Wildman–Crippen LogP) is 4.13. The number of carbonyl (C=O) groups is 2. The summed E-state index contributed by atoms with van der Waals surface area (Å²) in [5.41, 5.74) is 8.51. The normalized spacial score (nSPS) is 17.4. The van der Waals surface area contributed by atoms with Crippen molar-refractivity contribution in [1.82, 2.24) is 20.2 Å². The molecule has 4 N–H and O–H groups in total. The van der Waals surface area contributed by atoms with Crippen molar-refractivity contribution in [3.05, 3.63) is 93.8 Å². The molecule has 0 aliphatic carbocycles. The van der Waals surface area contributed by atoms with Crippen molar-refractivity contribution in [2.45, 2.75) is 50.8 Å². The van der Waals surface area contributed by atoms with Gasteiger partial charge in [0, 0.05) is 46.4 Å². The Morgan fingerprint density at radius 2 is 2.02 bits per heavy atom. The van der Waals surface area contributed by atoms with Gasteiger partial charge in [-0.25, -0.2) is 9.97 Å². The lowest BCUT2D eigenvalue weighted by molar-refractivity contribution is 0.0735. The third-order valence-electron chi connectivity index (χ3n) is 7.20. The zero-order valence-corrected chi connectivity index (χ0v) is 23.4. The summed E-state index contributed by atoms with van der Waals surface area (Å²) in [5, 5.41) is 16.5. The Balaban J connectivity index is 1.35. The molecular formula is C30H33N5O4S. The second kappa shape index (κ2) is 11.7. The fourth-order valence-electron chi connectivity index (χ4n) is 5.01. The van der Waals surface area contributed by atoms with E-state index in [4.69, 9.17) is 10.2 Å². The summed E-state index contributed by atoms with van der Waals surface area (Å²) in [7, 11) is 0. The highest BCUT2D eigenvalue weighted by atomic mass is 32.1. The van der Waals surface area contributed by atoms with Crippen LogP contribution in [0.15, 0.2) is 70.8 Å². The average Bonchev–Trinajstić information content (AvgIpc) is 3.73. The second-order valence-electron chi connectivity index (χ2n) is 10.5. The Labute approximate surface area is 237 Å². The Hall–Kier alpha value is -3.86. The van der Waals surface area contributed by atoms with Gasteiger partial charge in [-0.15, -0.1) is 11.3 Å². The first-order valence-electron chi connectivity index (χ1n) is 13.3. The van der Waals surface area contributed by atoms with E-state index in [0.29, 0.717) is 30.0 Å². The molecule has 5 rings (SSSR count). The van der Waals surface area contributed by atoms with Gasteiger partial charge in [0.05, 0.1) is 18.3 Å². The number of amides is 2. The number of nitrogens with zero attached hydrogens (tertiary/aromatic N) is 3.